The van der Waals surface area contributed by atoms with E-state index in [1.165, 1.54) is 0 Å². The summed E-state index contributed by atoms with van der Waals surface area (Å²) in [5, 5.41) is 8.89. The molecule has 0 spiro atoms. The van der Waals surface area contributed by atoms with Crippen LogP contribution in [-0.2, 0) is 4.79 Å². The molecule has 0 aliphatic heterocycles. The fraction of sp³-hybridized carbons (Fsp3) is 0.500. The van der Waals surface area contributed by atoms with Crippen LogP contribution in [0.15, 0.2) is 0 Å². The van der Waals surface area contributed by atoms with Gasteiger partial charge in [0.05, 0.1) is 0 Å². The molecule has 7 heavy (non-hydrogen) atoms. The average Bonchev–Trinajstić information content (AvgIpc) is 0.811. The molecule has 5 heteroatoms. The normalized spacial score (nSPS) is 3.57. The molecule has 0 bridgehead atoms. The molecule has 0 aliphatic carbocycles. The minimum atomic E-state index is -1.08. The van der Waals surface area contributed by atoms with Gasteiger partial charge in [-0.15, -0.1) is 0 Å². The van der Waals surface area contributed by atoms with Gasteiger partial charge in [0, 0.05) is 5.97 Å². The number of carboxylic acid groups (broad SMARTS) is 1. The maximum atomic E-state index is 8.89. The Balaban J connectivity index is -0.0000000150. The number of hydrogen-bond donors (Lipinski definition) is 0. The Morgan fingerprint density at radius 1 is 1.57 bits per heavy atom. The van der Waals surface area contributed by atoms with E-state index in [9.17, 15) is 0 Å². The Hall–Kier alpha value is 0.860. The van der Waals surface area contributed by atoms with E-state index >= 15 is 0 Å². The number of hydrogen-bond acceptors (Lipinski definition) is 2. The first kappa shape index (κ1) is 24.8. The third-order valence-corrected chi connectivity index (χ3v) is 0. The van der Waals surface area contributed by atoms with Crippen molar-refractivity contribution in [3.63, 3.8) is 0 Å². The van der Waals surface area contributed by atoms with Crippen molar-refractivity contribution in [1.29, 1.82) is 0 Å². The molecule has 0 aromatic carbocycles. The molecule has 0 heterocycles. The quantitative estimate of drug-likeness (QED) is 0.246. The smallest absolute Gasteiger partial charge is 0.550 e. The maximum absolute atomic E-state index is 8.89. The molecule has 0 aromatic rings. The summed E-state index contributed by atoms with van der Waals surface area (Å²) in [6, 6.07) is 0. The number of carbonyl (C=O) groups is 1. The fourth-order valence-corrected chi connectivity index (χ4v) is 0. The Kier molecular flexibility index (Phi) is 56.1. The number of rotatable bonds is 0. The average molecular weight is 134 g/mol. The van der Waals surface area contributed by atoms with Crippen LogP contribution in [0.25, 0.3) is 0 Å². The van der Waals surface area contributed by atoms with Crippen LogP contribution < -0.4 is 34.7 Å². The SMILES string of the molecule is CC(=O)[O-].O.P.[Na+]. The van der Waals surface area contributed by atoms with Gasteiger partial charge in [0.2, 0.25) is 0 Å². The summed E-state index contributed by atoms with van der Waals surface area (Å²) < 4.78 is 0. The summed E-state index contributed by atoms with van der Waals surface area (Å²) in [7, 11) is 0. The first-order valence-corrected chi connectivity index (χ1v) is 0.908. The second kappa shape index (κ2) is 15.8. The predicted octanol–water partition coefficient (Wildman–Crippen LogP) is -5.01. The van der Waals surface area contributed by atoms with Crippen LogP contribution in [0.5, 0.6) is 0 Å². The molecule has 0 aliphatic rings. The van der Waals surface area contributed by atoms with Crippen LogP contribution >= 0.6 is 9.90 Å². The van der Waals surface area contributed by atoms with Gasteiger partial charge in [0.25, 0.3) is 0 Å². The van der Waals surface area contributed by atoms with Gasteiger partial charge < -0.3 is 15.4 Å². The second-order valence-corrected chi connectivity index (χ2v) is 0.492. The van der Waals surface area contributed by atoms with Crippen LogP contribution in [0.2, 0.25) is 0 Å². The van der Waals surface area contributed by atoms with E-state index in [-0.39, 0.29) is 44.9 Å². The third-order valence-electron chi connectivity index (χ3n) is 0. The third kappa shape index (κ3) is 219. The van der Waals surface area contributed by atoms with E-state index < -0.39 is 5.97 Å². The topological polar surface area (TPSA) is 71.6 Å². The molecule has 3 nitrogen and oxygen atoms in total. The molecule has 2 N–H and O–H groups in total. The predicted molar refractivity (Wildman–Crippen MR) is 25.4 cm³/mol. The fourth-order valence-electron chi connectivity index (χ4n) is 0. The zero-order chi connectivity index (χ0) is 3.58. The molecule has 0 amide bonds. The molecule has 1 atom stereocenters. The van der Waals surface area contributed by atoms with Gasteiger partial charge in [-0.3, -0.25) is 0 Å². The van der Waals surface area contributed by atoms with Gasteiger partial charge >= 0.3 is 29.6 Å². The zero-order valence-electron chi connectivity index (χ0n) is 4.52. The van der Waals surface area contributed by atoms with Gasteiger partial charge in [-0.1, -0.05) is 0 Å². The minimum absolute atomic E-state index is 0. The number of carbonyl (C=O) groups excluding carboxylic acids is 1. The van der Waals surface area contributed by atoms with Gasteiger partial charge in [-0.2, -0.15) is 9.90 Å². The van der Waals surface area contributed by atoms with E-state index in [1.807, 2.05) is 0 Å². The molecular formula is C2H8NaO3P. The standard InChI is InChI=1S/C2H4O2.Na.H2O.H3P/c1-2(3)4;;;/h1H3,(H,3,4);;1H2;1H3/q;+1;;/p-1. The van der Waals surface area contributed by atoms with E-state index in [2.05, 4.69) is 0 Å². The van der Waals surface area contributed by atoms with Crippen molar-refractivity contribution in [1.82, 2.24) is 0 Å². The van der Waals surface area contributed by atoms with Gasteiger partial charge in [-0.25, -0.2) is 0 Å². The Bertz CT molecular complexity index is 35.9. The summed E-state index contributed by atoms with van der Waals surface area (Å²) >= 11 is 0. The first-order valence-electron chi connectivity index (χ1n) is 0.908. The number of aliphatic carboxylic acids is 1. The van der Waals surface area contributed by atoms with Crippen LogP contribution in [0.4, 0.5) is 0 Å². The van der Waals surface area contributed by atoms with E-state index in [4.69, 9.17) is 9.90 Å². The van der Waals surface area contributed by atoms with E-state index in [1.54, 1.807) is 0 Å². The van der Waals surface area contributed by atoms with Crippen LogP contribution in [-0.4, -0.2) is 11.4 Å². The minimum Gasteiger partial charge on any atom is -0.550 e. The summed E-state index contributed by atoms with van der Waals surface area (Å²) in [5.74, 6) is -1.08. The molecule has 0 saturated heterocycles. The Labute approximate surface area is 67.7 Å². The van der Waals surface area contributed by atoms with Gasteiger partial charge in [0.15, 0.2) is 0 Å². The molecule has 0 fully saturated rings. The maximum Gasteiger partial charge on any atom is 1.00 e. The van der Waals surface area contributed by atoms with Crippen molar-refractivity contribution in [2.75, 3.05) is 0 Å². The number of carboxylic acids is 1. The Morgan fingerprint density at radius 3 is 1.57 bits per heavy atom. The molecule has 0 radical (unpaired) electrons. The van der Waals surface area contributed by atoms with Crippen molar-refractivity contribution < 1.29 is 44.9 Å². The van der Waals surface area contributed by atoms with Crippen LogP contribution in [0.3, 0.4) is 0 Å². The monoisotopic (exact) mass is 134 g/mol. The van der Waals surface area contributed by atoms with E-state index in [0.29, 0.717) is 0 Å². The molecule has 40 valence electrons. The summed E-state index contributed by atoms with van der Waals surface area (Å²) in [6.07, 6.45) is 0. The molecule has 1 unspecified atom stereocenters. The van der Waals surface area contributed by atoms with Crippen LogP contribution in [0, 0.1) is 0 Å². The largest absolute Gasteiger partial charge is 1.00 e. The summed E-state index contributed by atoms with van der Waals surface area (Å²) in [4.78, 5) is 8.89. The van der Waals surface area contributed by atoms with Gasteiger partial charge in [-0.05, 0) is 6.92 Å². The van der Waals surface area contributed by atoms with Gasteiger partial charge in [0.1, 0.15) is 0 Å². The molecular weight excluding hydrogens is 126 g/mol. The van der Waals surface area contributed by atoms with Crippen molar-refractivity contribution in [2.45, 2.75) is 6.92 Å². The van der Waals surface area contributed by atoms with E-state index in [0.717, 1.165) is 6.92 Å². The molecule has 0 rings (SSSR count). The van der Waals surface area contributed by atoms with Crippen molar-refractivity contribution in [3.8, 4) is 0 Å². The molecule has 0 aromatic heterocycles. The van der Waals surface area contributed by atoms with Crippen molar-refractivity contribution in [3.05, 3.63) is 0 Å². The summed E-state index contributed by atoms with van der Waals surface area (Å²) in [6.45, 7) is 0.972. The summed E-state index contributed by atoms with van der Waals surface area (Å²) in [5.41, 5.74) is 0. The van der Waals surface area contributed by atoms with Crippen molar-refractivity contribution in [2.24, 2.45) is 0 Å². The first-order chi connectivity index (χ1) is 1.73. The zero-order valence-corrected chi connectivity index (χ0v) is 7.94. The van der Waals surface area contributed by atoms with Crippen molar-refractivity contribution >= 4 is 15.9 Å². The Morgan fingerprint density at radius 2 is 1.57 bits per heavy atom. The molecule has 0 saturated carbocycles. The van der Waals surface area contributed by atoms with Crippen LogP contribution in [0.1, 0.15) is 6.92 Å². The second-order valence-electron chi connectivity index (χ2n) is 0.492.